The van der Waals surface area contributed by atoms with Gasteiger partial charge < -0.3 is 5.32 Å². The highest BCUT2D eigenvalue weighted by molar-refractivity contribution is 5.19. The summed E-state index contributed by atoms with van der Waals surface area (Å²) in [5, 5.41) is 3.26. The molecule has 0 spiro atoms. The van der Waals surface area contributed by atoms with E-state index in [0.717, 1.165) is 6.42 Å². The molecule has 0 aliphatic rings. The van der Waals surface area contributed by atoms with Gasteiger partial charge in [-0.1, -0.05) is 13.0 Å². The van der Waals surface area contributed by atoms with Gasteiger partial charge in [0.1, 0.15) is 0 Å². The van der Waals surface area contributed by atoms with Gasteiger partial charge in [-0.3, -0.25) is 4.98 Å². The van der Waals surface area contributed by atoms with Gasteiger partial charge in [-0.2, -0.15) is 0 Å². The molecule has 0 aliphatic carbocycles. The van der Waals surface area contributed by atoms with Crippen LogP contribution in [0.15, 0.2) is 18.5 Å². The van der Waals surface area contributed by atoms with E-state index in [1.54, 1.807) is 0 Å². The fraction of sp³-hybridized carbons (Fsp3) is 0.500. The van der Waals surface area contributed by atoms with Gasteiger partial charge in [0.05, 0.1) is 0 Å². The summed E-state index contributed by atoms with van der Waals surface area (Å²) < 4.78 is 0. The highest BCUT2D eigenvalue weighted by Crippen LogP contribution is 2.15. The molecule has 0 saturated heterocycles. The zero-order valence-electron chi connectivity index (χ0n) is 7.96. The molecule has 0 aromatic carbocycles. The Labute approximate surface area is 74.0 Å². The van der Waals surface area contributed by atoms with Gasteiger partial charge in [0.25, 0.3) is 0 Å². The Morgan fingerprint density at radius 1 is 1.50 bits per heavy atom. The highest BCUT2D eigenvalue weighted by atomic mass is 14.9. The number of hydrogen-bond donors (Lipinski definition) is 1. The van der Waals surface area contributed by atoms with E-state index in [9.17, 15) is 0 Å². The number of aryl methyl sites for hydroxylation is 1. The SMILES string of the molecule is CCC(NC)c1cncc(C)c1. The van der Waals surface area contributed by atoms with Crippen LogP contribution in [0.1, 0.15) is 30.5 Å². The predicted molar refractivity (Wildman–Crippen MR) is 51.1 cm³/mol. The average molecular weight is 164 g/mol. The first-order valence-corrected chi connectivity index (χ1v) is 4.36. The predicted octanol–water partition coefficient (Wildman–Crippen LogP) is 2.06. The Hall–Kier alpha value is -0.890. The molecule has 1 aromatic heterocycles. The maximum Gasteiger partial charge on any atom is 0.0330 e. The molecule has 0 saturated carbocycles. The van der Waals surface area contributed by atoms with Crippen LogP contribution in [0.4, 0.5) is 0 Å². The van der Waals surface area contributed by atoms with E-state index >= 15 is 0 Å². The number of hydrogen-bond acceptors (Lipinski definition) is 2. The minimum Gasteiger partial charge on any atom is -0.313 e. The van der Waals surface area contributed by atoms with E-state index in [4.69, 9.17) is 0 Å². The van der Waals surface area contributed by atoms with E-state index in [2.05, 4.69) is 30.2 Å². The summed E-state index contributed by atoms with van der Waals surface area (Å²) in [5.41, 5.74) is 2.50. The Bertz CT molecular complexity index is 241. The van der Waals surface area contributed by atoms with Crippen molar-refractivity contribution in [2.24, 2.45) is 0 Å². The Balaban J connectivity index is 2.85. The van der Waals surface area contributed by atoms with Crippen molar-refractivity contribution in [1.82, 2.24) is 10.3 Å². The van der Waals surface area contributed by atoms with Gasteiger partial charge in [-0.25, -0.2) is 0 Å². The van der Waals surface area contributed by atoms with Crippen LogP contribution in [0.3, 0.4) is 0 Å². The standard InChI is InChI=1S/C10H16N2/c1-4-10(11-3)9-5-8(2)6-12-7-9/h5-7,10-11H,4H2,1-3H3. The monoisotopic (exact) mass is 164 g/mol. The molecule has 2 nitrogen and oxygen atoms in total. The average Bonchev–Trinajstić information content (AvgIpc) is 2.07. The van der Waals surface area contributed by atoms with Crippen LogP contribution in [-0.4, -0.2) is 12.0 Å². The Morgan fingerprint density at radius 3 is 2.75 bits per heavy atom. The summed E-state index contributed by atoms with van der Waals surface area (Å²) >= 11 is 0. The smallest absolute Gasteiger partial charge is 0.0330 e. The van der Waals surface area contributed by atoms with Crippen LogP contribution < -0.4 is 5.32 Å². The lowest BCUT2D eigenvalue weighted by atomic mass is 10.1. The zero-order valence-corrected chi connectivity index (χ0v) is 7.96. The van der Waals surface area contributed by atoms with Crippen LogP contribution in [0.5, 0.6) is 0 Å². The lowest BCUT2D eigenvalue weighted by molar-refractivity contribution is 0.574. The number of nitrogens with one attached hydrogen (secondary N) is 1. The molecule has 1 heterocycles. The molecule has 0 amide bonds. The molecule has 0 aliphatic heterocycles. The van der Waals surface area contributed by atoms with Gasteiger partial charge in [-0.15, -0.1) is 0 Å². The molecule has 12 heavy (non-hydrogen) atoms. The van der Waals surface area contributed by atoms with E-state index in [-0.39, 0.29) is 0 Å². The number of rotatable bonds is 3. The van der Waals surface area contributed by atoms with Gasteiger partial charge in [0, 0.05) is 18.4 Å². The second-order valence-corrected chi connectivity index (χ2v) is 3.05. The number of nitrogens with zero attached hydrogens (tertiary/aromatic N) is 1. The second-order valence-electron chi connectivity index (χ2n) is 3.05. The molecule has 0 bridgehead atoms. The molecular weight excluding hydrogens is 148 g/mol. The topological polar surface area (TPSA) is 24.9 Å². The van der Waals surface area contributed by atoms with Crippen molar-refractivity contribution in [2.75, 3.05) is 7.05 Å². The maximum absolute atomic E-state index is 4.16. The molecule has 1 N–H and O–H groups in total. The molecule has 66 valence electrons. The first-order chi connectivity index (χ1) is 5.77. The summed E-state index contributed by atoms with van der Waals surface area (Å²) in [5.74, 6) is 0. The van der Waals surface area contributed by atoms with Gasteiger partial charge in [0.15, 0.2) is 0 Å². The van der Waals surface area contributed by atoms with Crippen molar-refractivity contribution < 1.29 is 0 Å². The van der Waals surface area contributed by atoms with Crippen LogP contribution in [0.25, 0.3) is 0 Å². The van der Waals surface area contributed by atoms with E-state index in [0.29, 0.717) is 6.04 Å². The summed E-state index contributed by atoms with van der Waals surface area (Å²) in [4.78, 5) is 4.16. The first kappa shape index (κ1) is 9.20. The summed E-state index contributed by atoms with van der Waals surface area (Å²) in [7, 11) is 1.98. The normalized spacial score (nSPS) is 12.9. The van der Waals surface area contributed by atoms with Crippen LogP contribution in [-0.2, 0) is 0 Å². The minimum absolute atomic E-state index is 0.442. The van der Waals surface area contributed by atoms with Crippen molar-refractivity contribution in [1.29, 1.82) is 0 Å². The lowest BCUT2D eigenvalue weighted by Gasteiger charge is -2.13. The molecule has 1 aromatic rings. The van der Waals surface area contributed by atoms with Crippen molar-refractivity contribution in [3.05, 3.63) is 29.6 Å². The van der Waals surface area contributed by atoms with Crippen LogP contribution in [0, 0.1) is 6.92 Å². The molecular formula is C10H16N2. The second kappa shape index (κ2) is 4.21. The largest absolute Gasteiger partial charge is 0.313 e. The molecule has 1 rings (SSSR count). The zero-order chi connectivity index (χ0) is 8.97. The van der Waals surface area contributed by atoms with Gasteiger partial charge >= 0.3 is 0 Å². The van der Waals surface area contributed by atoms with E-state index in [1.165, 1.54) is 11.1 Å². The molecule has 0 fully saturated rings. The summed E-state index contributed by atoms with van der Waals surface area (Å²) in [6, 6.07) is 2.62. The first-order valence-electron chi connectivity index (χ1n) is 4.36. The van der Waals surface area contributed by atoms with Crippen LogP contribution in [0.2, 0.25) is 0 Å². The molecule has 0 radical (unpaired) electrons. The third kappa shape index (κ3) is 2.05. The molecule has 1 unspecified atom stereocenters. The van der Waals surface area contributed by atoms with Gasteiger partial charge in [0.2, 0.25) is 0 Å². The van der Waals surface area contributed by atoms with E-state index < -0.39 is 0 Å². The number of aromatic nitrogens is 1. The summed E-state index contributed by atoms with van der Waals surface area (Å²) in [6.45, 7) is 4.24. The lowest BCUT2D eigenvalue weighted by Crippen LogP contribution is -2.15. The molecule has 2 heteroatoms. The van der Waals surface area contributed by atoms with Crippen molar-refractivity contribution in [2.45, 2.75) is 26.3 Å². The summed E-state index contributed by atoms with van der Waals surface area (Å²) in [6.07, 6.45) is 4.91. The molecule has 1 atom stereocenters. The van der Waals surface area contributed by atoms with E-state index in [1.807, 2.05) is 19.4 Å². The highest BCUT2D eigenvalue weighted by Gasteiger charge is 2.05. The fourth-order valence-corrected chi connectivity index (χ4v) is 1.38. The Kier molecular flexibility index (Phi) is 3.23. The van der Waals surface area contributed by atoms with Gasteiger partial charge in [-0.05, 0) is 31.5 Å². The Morgan fingerprint density at radius 2 is 2.25 bits per heavy atom. The quantitative estimate of drug-likeness (QED) is 0.739. The van der Waals surface area contributed by atoms with Crippen molar-refractivity contribution in [3.63, 3.8) is 0 Å². The van der Waals surface area contributed by atoms with Crippen LogP contribution >= 0.6 is 0 Å². The third-order valence-electron chi connectivity index (χ3n) is 2.06. The minimum atomic E-state index is 0.442. The number of pyridine rings is 1. The fourth-order valence-electron chi connectivity index (χ4n) is 1.38. The van der Waals surface area contributed by atoms with Crippen molar-refractivity contribution in [3.8, 4) is 0 Å². The maximum atomic E-state index is 4.16. The third-order valence-corrected chi connectivity index (χ3v) is 2.06. The van der Waals surface area contributed by atoms with Crippen molar-refractivity contribution >= 4 is 0 Å².